The maximum absolute atomic E-state index is 12.4. The highest BCUT2D eigenvalue weighted by atomic mass is 35.5. The van der Waals surface area contributed by atoms with E-state index in [1.165, 1.54) is 11.3 Å². The van der Waals surface area contributed by atoms with E-state index >= 15 is 0 Å². The van der Waals surface area contributed by atoms with Crippen molar-refractivity contribution in [2.24, 2.45) is 0 Å². The summed E-state index contributed by atoms with van der Waals surface area (Å²) in [5.74, 6) is 0.926. The summed E-state index contributed by atoms with van der Waals surface area (Å²) in [5.41, 5.74) is 0.984. The van der Waals surface area contributed by atoms with Crippen LogP contribution in [0, 0.1) is 0 Å². The highest BCUT2D eigenvalue weighted by Gasteiger charge is 2.24. The molecule has 0 radical (unpaired) electrons. The van der Waals surface area contributed by atoms with Crippen LogP contribution < -0.4 is 9.64 Å². The molecule has 1 aliphatic rings. The van der Waals surface area contributed by atoms with Crippen LogP contribution >= 0.6 is 22.9 Å². The Morgan fingerprint density at radius 1 is 1.23 bits per heavy atom. The third kappa shape index (κ3) is 3.05. The van der Waals surface area contributed by atoms with Crippen LogP contribution in [0.3, 0.4) is 0 Å². The predicted octanol–water partition coefficient (Wildman–Crippen LogP) is 3.37. The van der Waals surface area contributed by atoms with Gasteiger partial charge in [-0.05, 0) is 29.6 Å². The lowest BCUT2D eigenvalue weighted by Crippen LogP contribution is -2.48. The Labute approximate surface area is 138 Å². The number of nitrogens with zero attached hydrogens (tertiary/aromatic N) is 2. The quantitative estimate of drug-likeness (QED) is 0.861. The first-order valence-electron chi connectivity index (χ1n) is 7.10. The van der Waals surface area contributed by atoms with Crippen LogP contribution in [0.2, 0.25) is 5.02 Å². The molecule has 0 unspecified atom stereocenters. The maximum atomic E-state index is 12.4. The Morgan fingerprint density at radius 2 is 2.00 bits per heavy atom. The van der Waals surface area contributed by atoms with Gasteiger partial charge in [0.15, 0.2) is 0 Å². The van der Waals surface area contributed by atoms with Gasteiger partial charge in [0, 0.05) is 31.2 Å². The summed E-state index contributed by atoms with van der Waals surface area (Å²) in [6.45, 7) is 2.94. The second kappa shape index (κ2) is 6.58. The number of hydrogen-bond donors (Lipinski definition) is 0. The van der Waals surface area contributed by atoms with Crippen LogP contribution in [0.25, 0.3) is 0 Å². The van der Waals surface area contributed by atoms with Gasteiger partial charge in [-0.1, -0.05) is 17.7 Å². The SMILES string of the molecule is COc1ccc(Cl)cc1N1CCN(C(=O)c2cccs2)CC1. The number of amides is 1. The number of carbonyl (C=O) groups is 1. The van der Waals surface area contributed by atoms with E-state index in [-0.39, 0.29) is 5.91 Å². The van der Waals surface area contributed by atoms with E-state index in [0.29, 0.717) is 18.1 Å². The number of benzene rings is 1. The molecule has 0 atom stereocenters. The third-order valence-corrected chi connectivity index (χ3v) is 4.87. The minimum atomic E-state index is 0.118. The van der Waals surface area contributed by atoms with Gasteiger partial charge in [-0.3, -0.25) is 4.79 Å². The molecular weight excluding hydrogens is 320 g/mol. The molecule has 22 heavy (non-hydrogen) atoms. The van der Waals surface area contributed by atoms with Gasteiger partial charge in [0.1, 0.15) is 5.75 Å². The van der Waals surface area contributed by atoms with Crippen LogP contribution in [0.15, 0.2) is 35.7 Å². The molecule has 1 saturated heterocycles. The van der Waals surface area contributed by atoms with Crippen molar-refractivity contribution in [3.05, 3.63) is 45.6 Å². The molecule has 0 N–H and O–H groups in total. The van der Waals surface area contributed by atoms with Gasteiger partial charge in [-0.2, -0.15) is 0 Å². The van der Waals surface area contributed by atoms with Gasteiger partial charge in [-0.25, -0.2) is 0 Å². The van der Waals surface area contributed by atoms with E-state index in [9.17, 15) is 4.79 Å². The Morgan fingerprint density at radius 3 is 2.64 bits per heavy atom. The highest BCUT2D eigenvalue weighted by molar-refractivity contribution is 7.12. The van der Waals surface area contributed by atoms with Crippen molar-refractivity contribution >= 4 is 34.5 Å². The first-order chi connectivity index (χ1) is 10.7. The van der Waals surface area contributed by atoms with E-state index in [0.717, 1.165) is 29.4 Å². The molecule has 0 spiro atoms. The van der Waals surface area contributed by atoms with E-state index in [2.05, 4.69) is 4.90 Å². The van der Waals surface area contributed by atoms with Gasteiger partial charge < -0.3 is 14.5 Å². The van der Waals surface area contributed by atoms with Crippen molar-refractivity contribution in [3.8, 4) is 5.75 Å². The fourth-order valence-electron chi connectivity index (χ4n) is 2.62. The highest BCUT2D eigenvalue weighted by Crippen LogP contribution is 2.32. The summed E-state index contributed by atoms with van der Waals surface area (Å²) in [4.78, 5) is 17.3. The van der Waals surface area contributed by atoms with E-state index in [4.69, 9.17) is 16.3 Å². The van der Waals surface area contributed by atoms with Crippen molar-refractivity contribution in [2.45, 2.75) is 0 Å². The average Bonchev–Trinajstić information content (AvgIpc) is 3.09. The molecule has 1 aromatic carbocycles. The molecule has 1 aliphatic heterocycles. The van der Waals surface area contributed by atoms with Crippen molar-refractivity contribution in [3.63, 3.8) is 0 Å². The Bertz CT molecular complexity index is 652. The second-order valence-electron chi connectivity index (χ2n) is 5.07. The minimum Gasteiger partial charge on any atom is -0.495 e. The van der Waals surface area contributed by atoms with E-state index in [1.54, 1.807) is 7.11 Å². The molecule has 0 aliphatic carbocycles. The molecule has 0 bridgehead atoms. The molecular formula is C16H17ClN2O2S. The van der Waals surface area contributed by atoms with Crippen LogP contribution in [0.4, 0.5) is 5.69 Å². The predicted molar refractivity (Wildman–Crippen MR) is 90.4 cm³/mol. The zero-order valence-corrected chi connectivity index (χ0v) is 13.9. The molecule has 0 saturated carbocycles. The molecule has 116 valence electrons. The summed E-state index contributed by atoms with van der Waals surface area (Å²) in [6.07, 6.45) is 0. The lowest BCUT2D eigenvalue weighted by atomic mass is 10.2. The lowest BCUT2D eigenvalue weighted by molar-refractivity contribution is 0.0751. The lowest BCUT2D eigenvalue weighted by Gasteiger charge is -2.36. The van der Waals surface area contributed by atoms with Gasteiger partial charge >= 0.3 is 0 Å². The normalized spacial score (nSPS) is 15.0. The van der Waals surface area contributed by atoms with Crippen LogP contribution in [-0.2, 0) is 0 Å². The Kier molecular flexibility index (Phi) is 4.55. The maximum Gasteiger partial charge on any atom is 0.264 e. The molecule has 6 heteroatoms. The van der Waals surface area contributed by atoms with Crippen LogP contribution in [-0.4, -0.2) is 44.1 Å². The van der Waals surface area contributed by atoms with Crippen molar-refractivity contribution in [2.75, 3.05) is 38.2 Å². The van der Waals surface area contributed by atoms with Gasteiger partial charge in [0.05, 0.1) is 17.7 Å². The smallest absolute Gasteiger partial charge is 0.264 e. The summed E-state index contributed by atoms with van der Waals surface area (Å²) >= 11 is 7.58. The number of anilines is 1. The zero-order valence-electron chi connectivity index (χ0n) is 12.3. The summed E-state index contributed by atoms with van der Waals surface area (Å²) < 4.78 is 5.41. The number of rotatable bonds is 3. The summed E-state index contributed by atoms with van der Waals surface area (Å²) in [6, 6.07) is 9.39. The number of methoxy groups -OCH3 is 1. The zero-order chi connectivity index (χ0) is 15.5. The number of carbonyl (C=O) groups excluding carboxylic acids is 1. The number of halogens is 1. The van der Waals surface area contributed by atoms with Crippen molar-refractivity contribution < 1.29 is 9.53 Å². The number of ether oxygens (including phenoxy) is 1. The van der Waals surface area contributed by atoms with E-state index in [1.807, 2.05) is 40.6 Å². The van der Waals surface area contributed by atoms with Crippen LogP contribution in [0.1, 0.15) is 9.67 Å². The molecule has 1 amide bonds. The Hall–Kier alpha value is -1.72. The topological polar surface area (TPSA) is 32.8 Å². The largest absolute Gasteiger partial charge is 0.495 e. The van der Waals surface area contributed by atoms with Gasteiger partial charge in [0.25, 0.3) is 5.91 Å². The fraction of sp³-hybridized carbons (Fsp3) is 0.312. The second-order valence-corrected chi connectivity index (χ2v) is 6.46. The molecule has 1 fully saturated rings. The first kappa shape index (κ1) is 15.2. The molecule has 1 aromatic heterocycles. The monoisotopic (exact) mass is 336 g/mol. The van der Waals surface area contributed by atoms with Crippen LogP contribution in [0.5, 0.6) is 5.75 Å². The standard InChI is InChI=1S/C16H17ClN2O2S/c1-21-14-5-4-12(17)11-13(14)18-6-8-19(9-7-18)16(20)15-3-2-10-22-15/h2-5,10-11H,6-9H2,1H3. The minimum absolute atomic E-state index is 0.118. The molecule has 3 rings (SSSR count). The third-order valence-electron chi connectivity index (χ3n) is 3.78. The summed E-state index contributed by atoms with van der Waals surface area (Å²) in [5, 5.41) is 2.62. The molecule has 4 nitrogen and oxygen atoms in total. The van der Waals surface area contributed by atoms with Crippen molar-refractivity contribution in [1.29, 1.82) is 0 Å². The fourth-order valence-corrected chi connectivity index (χ4v) is 3.47. The van der Waals surface area contributed by atoms with E-state index < -0.39 is 0 Å². The number of hydrogen-bond acceptors (Lipinski definition) is 4. The van der Waals surface area contributed by atoms with Crippen molar-refractivity contribution in [1.82, 2.24) is 4.90 Å². The average molecular weight is 337 g/mol. The number of thiophene rings is 1. The van der Waals surface area contributed by atoms with Gasteiger partial charge in [-0.15, -0.1) is 11.3 Å². The first-order valence-corrected chi connectivity index (χ1v) is 8.36. The van der Waals surface area contributed by atoms with Gasteiger partial charge in [0.2, 0.25) is 0 Å². The molecule has 2 aromatic rings. The Balaban J connectivity index is 1.69. The molecule has 2 heterocycles. The summed E-state index contributed by atoms with van der Waals surface area (Å²) in [7, 11) is 1.66. The number of piperazine rings is 1.